The Morgan fingerprint density at radius 2 is 1.90 bits per heavy atom. The Bertz CT molecular complexity index is 657. The third-order valence-corrected chi connectivity index (χ3v) is 3.71. The number of carbonyl (C=O) groups excluding carboxylic acids is 2. The van der Waals surface area contributed by atoms with Crippen LogP contribution in [-0.4, -0.2) is 11.8 Å². The highest BCUT2D eigenvalue weighted by Gasteiger charge is 2.02. The van der Waals surface area contributed by atoms with E-state index in [0.29, 0.717) is 11.3 Å². The molecule has 0 aliphatic heterocycles. The Morgan fingerprint density at radius 3 is 2.45 bits per heavy atom. The van der Waals surface area contributed by atoms with Crippen molar-refractivity contribution in [3.05, 3.63) is 57.8 Å². The van der Waals surface area contributed by atoms with Crippen LogP contribution in [0.15, 0.2) is 41.8 Å². The fraction of sp³-hybridized carbons (Fsp3) is 0.0667. The maximum atomic E-state index is 11.8. The lowest BCUT2D eigenvalue weighted by atomic mass is 10.2. The second kappa shape index (κ2) is 6.16. The number of hydrogen-bond donors (Lipinski definition) is 2. The van der Waals surface area contributed by atoms with Gasteiger partial charge >= 0.3 is 0 Å². The quantitative estimate of drug-likeness (QED) is 0.848. The molecule has 0 aliphatic rings. The molecule has 2 rings (SSSR count). The van der Waals surface area contributed by atoms with E-state index in [0.717, 1.165) is 10.4 Å². The molecule has 2 aromatic rings. The van der Waals surface area contributed by atoms with Gasteiger partial charge in [0.1, 0.15) is 0 Å². The van der Waals surface area contributed by atoms with Crippen LogP contribution in [0, 0.1) is 6.92 Å². The zero-order chi connectivity index (χ0) is 14.5. The zero-order valence-corrected chi connectivity index (χ0v) is 11.7. The van der Waals surface area contributed by atoms with E-state index in [2.05, 4.69) is 5.32 Å². The van der Waals surface area contributed by atoms with Crippen molar-refractivity contribution in [1.82, 2.24) is 0 Å². The van der Waals surface area contributed by atoms with Gasteiger partial charge in [-0.2, -0.15) is 0 Å². The van der Waals surface area contributed by atoms with E-state index in [1.165, 1.54) is 6.08 Å². The fourth-order valence-corrected chi connectivity index (χ4v) is 2.43. The molecule has 0 saturated heterocycles. The molecule has 0 fully saturated rings. The minimum absolute atomic E-state index is 0.218. The van der Waals surface area contributed by atoms with Crippen molar-refractivity contribution in [1.29, 1.82) is 0 Å². The van der Waals surface area contributed by atoms with Crippen LogP contribution in [0.1, 0.15) is 20.8 Å². The van der Waals surface area contributed by atoms with E-state index in [4.69, 9.17) is 5.73 Å². The van der Waals surface area contributed by atoms with E-state index in [1.54, 1.807) is 41.7 Å². The molecule has 0 saturated carbocycles. The summed E-state index contributed by atoms with van der Waals surface area (Å²) in [7, 11) is 0. The molecule has 1 aromatic carbocycles. The molecule has 0 atom stereocenters. The number of aryl methyl sites for hydroxylation is 1. The van der Waals surface area contributed by atoms with Crippen LogP contribution in [-0.2, 0) is 4.79 Å². The van der Waals surface area contributed by atoms with Gasteiger partial charge in [0.2, 0.25) is 11.8 Å². The maximum Gasteiger partial charge on any atom is 0.248 e. The standard InChI is InChI=1S/C15H14N2O2S/c1-10-8-9-20-13(10)6-7-14(18)17-12-4-2-11(3-5-12)15(16)19/h2-9H,1H3,(H2,16,19)(H,17,18). The van der Waals surface area contributed by atoms with Crippen molar-refractivity contribution in [2.75, 3.05) is 5.32 Å². The number of primary amides is 1. The van der Waals surface area contributed by atoms with Crippen LogP contribution in [0.3, 0.4) is 0 Å². The summed E-state index contributed by atoms with van der Waals surface area (Å²) in [5, 5.41) is 4.70. The molecule has 0 aliphatic carbocycles. The molecule has 5 heteroatoms. The molecule has 2 amide bonds. The van der Waals surface area contributed by atoms with Crippen molar-refractivity contribution in [2.45, 2.75) is 6.92 Å². The lowest BCUT2D eigenvalue weighted by Gasteiger charge is -2.02. The van der Waals surface area contributed by atoms with Crippen LogP contribution in [0.4, 0.5) is 5.69 Å². The smallest absolute Gasteiger partial charge is 0.248 e. The van der Waals surface area contributed by atoms with Crippen molar-refractivity contribution in [2.24, 2.45) is 5.73 Å². The average Bonchev–Trinajstić information content (AvgIpc) is 2.82. The molecule has 0 radical (unpaired) electrons. The largest absolute Gasteiger partial charge is 0.366 e. The van der Waals surface area contributed by atoms with Crippen LogP contribution >= 0.6 is 11.3 Å². The van der Waals surface area contributed by atoms with E-state index in [1.807, 2.05) is 18.4 Å². The summed E-state index contributed by atoms with van der Waals surface area (Å²) in [6.07, 6.45) is 3.27. The molecule has 4 nitrogen and oxygen atoms in total. The molecule has 1 heterocycles. The SMILES string of the molecule is Cc1ccsc1C=CC(=O)Nc1ccc(C(N)=O)cc1. The number of anilines is 1. The molecule has 0 bridgehead atoms. The third kappa shape index (κ3) is 3.55. The van der Waals surface area contributed by atoms with E-state index < -0.39 is 5.91 Å². The summed E-state index contributed by atoms with van der Waals surface area (Å²) in [6, 6.07) is 8.44. The van der Waals surface area contributed by atoms with Gasteiger partial charge < -0.3 is 11.1 Å². The van der Waals surface area contributed by atoms with Gasteiger partial charge in [-0.3, -0.25) is 9.59 Å². The van der Waals surface area contributed by atoms with Gasteiger partial charge in [-0.05, 0) is 54.3 Å². The van der Waals surface area contributed by atoms with E-state index in [-0.39, 0.29) is 5.91 Å². The Balaban J connectivity index is 1.99. The van der Waals surface area contributed by atoms with Crippen molar-refractivity contribution in [3.63, 3.8) is 0 Å². The number of thiophene rings is 1. The van der Waals surface area contributed by atoms with Crippen LogP contribution in [0.25, 0.3) is 6.08 Å². The van der Waals surface area contributed by atoms with Crippen LogP contribution in [0.5, 0.6) is 0 Å². The van der Waals surface area contributed by atoms with Crippen LogP contribution < -0.4 is 11.1 Å². The monoisotopic (exact) mass is 286 g/mol. The highest BCUT2D eigenvalue weighted by atomic mass is 32.1. The second-order valence-corrected chi connectivity index (χ2v) is 5.18. The van der Waals surface area contributed by atoms with Gasteiger partial charge in [0.15, 0.2) is 0 Å². The summed E-state index contributed by atoms with van der Waals surface area (Å²) in [4.78, 5) is 23.7. The molecule has 0 unspecified atom stereocenters. The Hall–Kier alpha value is -2.40. The predicted molar refractivity (Wildman–Crippen MR) is 81.7 cm³/mol. The molecular formula is C15H14N2O2S. The lowest BCUT2D eigenvalue weighted by Crippen LogP contribution is -2.11. The van der Waals surface area contributed by atoms with Crippen LogP contribution in [0.2, 0.25) is 0 Å². The highest BCUT2D eigenvalue weighted by Crippen LogP contribution is 2.17. The summed E-state index contributed by atoms with van der Waals surface area (Å²) >= 11 is 1.58. The van der Waals surface area contributed by atoms with Gasteiger partial charge in [0, 0.05) is 22.2 Å². The molecular weight excluding hydrogens is 272 g/mol. The highest BCUT2D eigenvalue weighted by molar-refractivity contribution is 7.11. The molecule has 102 valence electrons. The van der Waals surface area contributed by atoms with Gasteiger partial charge in [-0.25, -0.2) is 0 Å². The first-order valence-corrected chi connectivity index (χ1v) is 6.87. The average molecular weight is 286 g/mol. The molecule has 1 aromatic heterocycles. The second-order valence-electron chi connectivity index (χ2n) is 4.23. The molecule has 20 heavy (non-hydrogen) atoms. The van der Waals surface area contributed by atoms with Crippen molar-refractivity contribution in [3.8, 4) is 0 Å². The Morgan fingerprint density at radius 1 is 1.20 bits per heavy atom. The number of nitrogens with one attached hydrogen (secondary N) is 1. The summed E-state index contributed by atoms with van der Waals surface area (Å²) in [6.45, 7) is 2.00. The van der Waals surface area contributed by atoms with Gasteiger partial charge in [0.05, 0.1) is 0 Å². The molecule has 3 N–H and O–H groups in total. The topological polar surface area (TPSA) is 72.2 Å². The number of nitrogens with two attached hydrogens (primary N) is 1. The third-order valence-electron chi connectivity index (χ3n) is 2.72. The van der Waals surface area contributed by atoms with E-state index in [9.17, 15) is 9.59 Å². The summed E-state index contributed by atoms with van der Waals surface area (Å²) < 4.78 is 0. The zero-order valence-electron chi connectivity index (χ0n) is 10.9. The lowest BCUT2D eigenvalue weighted by molar-refractivity contribution is -0.111. The van der Waals surface area contributed by atoms with Crippen molar-refractivity contribution < 1.29 is 9.59 Å². The Labute approximate surface area is 120 Å². The van der Waals surface area contributed by atoms with Gasteiger partial charge in [-0.15, -0.1) is 11.3 Å². The summed E-state index contributed by atoms with van der Waals surface area (Å²) in [5.74, 6) is -0.708. The normalized spacial score (nSPS) is 10.7. The summed E-state index contributed by atoms with van der Waals surface area (Å²) in [5.41, 5.74) is 7.32. The molecule has 0 spiro atoms. The van der Waals surface area contributed by atoms with E-state index >= 15 is 0 Å². The number of hydrogen-bond acceptors (Lipinski definition) is 3. The van der Waals surface area contributed by atoms with Crippen molar-refractivity contribution >= 4 is 34.9 Å². The fourth-order valence-electron chi connectivity index (χ4n) is 1.61. The number of rotatable bonds is 4. The first-order valence-electron chi connectivity index (χ1n) is 5.99. The number of carbonyl (C=O) groups is 2. The van der Waals surface area contributed by atoms with Gasteiger partial charge in [0.25, 0.3) is 0 Å². The first kappa shape index (κ1) is 14.0. The minimum atomic E-state index is -0.490. The predicted octanol–water partition coefficient (Wildman–Crippen LogP) is 2.81. The number of amides is 2. The first-order chi connectivity index (χ1) is 9.56. The van der Waals surface area contributed by atoms with Gasteiger partial charge in [-0.1, -0.05) is 0 Å². The maximum absolute atomic E-state index is 11.8. The minimum Gasteiger partial charge on any atom is -0.366 e. The number of benzene rings is 1. The Kier molecular flexibility index (Phi) is 4.32.